The van der Waals surface area contributed by atoms with E-state index in [0.717, 1.165) is 11.0 Å². The standard InChI is InChI=1S/C12H11F4NO3/c13-4-6-20-11(18)17-5-7-19-10-8(12(14,15)16)2-1-3-9(10)17/h1-3H,4-7H2. The number of carbonyl (C=O) groups excluding carboxylic acids is 1. The molecule has 8 heteroatoms. The molecule has 20 heavy (non-hydrogen) atoms. The van der Waals surface area contributed by atoms with Crippen molar-refractivity contribution in [2.45, 2.75) is 6.18 Å². The minimum Gasteiger partial charge on any atom is -0.489 e. The van der Waals surface area contributed by atoms with Gasteiger partial charge in [-0.3, -0.25) is 4.90 Å². The molecule has 1 amide bonds. The van der Waals surface area contributed by atoms with E-state index in [-0.39, 0.29) is 18.8 Å². The predicted octanol–water partition coefficient (Wildman–Crippen LogP) is 3.01. The third-order valence-electron chi connectivity index (χ3n) is 2.67. The molecule has 1 aromatic rings. The molecule has 1 aliphatic heterocycles. The van der Waals surface area contributed by atoms with Crippen molar-refractivity contribution in [1.29, 1.82) is 0 Å². The lowest BCUT2D eigenvalue weighted by molar-refractivity contribution is -0.139. The molecule has 0 unspecified atom stereocenters. The average molecular weight is 293 g/mol. The highest BCUT2D eigenvalue weighted by Gasteiger charge is 2.38. The van der Waals surface area contributed by atoms with Crippen LogP contribution in [0.5, 0.6) is 5.75 Å². The van der Waals surface area contributed by atoms with Crippen LogP contribution in [0.2, 0.25) is 0 Å². The van der Waals surface area contributed by atoms with Crippen LogP contribution in [0.3, 0.4) is 0 Å². The molecular weight excluding hydrogens is 282 g/mol. The molecule has 0 aromatic heterocycles. The van der Waals surface area contributed by atoms with Crippen LogP contribution in [-0.2, 0) is 10.9 Å². The van der Waals surface area contributed by atoms with Gasteiger partial charge < -0.3 is 9.47 Å². The second-order valence-electron chi connectivity index (χ2n) is 3.96. The third-order valence-corrected chi connectivity index (χ3v) is 2.67. The Morgan fingerprint density at radius 1 is 1.40 bits per heavy atom. The van der Waals surface area contributed by atoms with E-state index < -0.39 is 36.9 Å². The number of hydrogen-bond donors (Lipinski definition) is 0. The number of halogens is 4. The van der Waals surface area contributed by atoms with Gasteiger partial charge in [0.25, 0.3) is 0 Å². The minimum absolute atomic E-state index is 0.0325. The molecule has 110 valence electrons. The van der Waals surface area contributed by atoms with Gasteiger partial charge in [-0.05, 0) is 12.1 Å². The highest BCUT2D eigenvalue weighted by Crippen LogP contribution is 2.43. The Labute approximate surface area is 111 Å². The van der Waals surface area contributed by atoms with Gasteiger partial charge in [-0.1, -0.05) is 6.07 Å². The molecule has 0 bridgehead atoms. The van der Waals surface area contributed by atoms with Crippen LogP contribution in [0.1, 0.15) is 5.56 Å². The second-order valence-corrected chi connectivity index (χ2v) is 3.96. The van der Waals surface area contributed by atoms with Crippen molar-refractivity contribution in [3.63, 3.8) is 0 Å². The molecule has 0 saturated carbocycles. The van der Waals surface area contributed by atoms with Crippen LogP contribution in [-0.4, -0.2) is 32.5 Å². The first-order valence-electron chi connectivity index (χ1n) is 5.78. The van der Waals surface area contributed by atoms with Gasteiger partial charge in [-0.2, -0.15) is 13.2 Å². The number of ether oxygens (including phenoxy) is 2. The quantitative estimate of drug-likeness (QED) is 0.787. The van der Waals surface area contributed by atoms with Crippen molar-refractivity contribution >= 4 is 11.8 Å². The fourth-order valence-electron chi connectivity index (χ4n) is 1.87. The molecule has 0 radical (unpaired) electrons. The molecule has 0 spiro atoms. The summed E-state index contributed by atoms with van der Waals surface area (Å²) in [5.41, 5.74) is -0.993. The summed E-state index contributed by atoms with van der Waals surface area (Å²) in [6, 6.07) is 3.36. The predicted molar refractivity (Wildman–Crippen MR) is 61.6 cm³/mol. The summed E-state index contributed by atoms with van der Waals surface area (Å²) in [4.78, 5) is 12.7. The summed E-state index contributed by atoms with van der Waals surface area (Å²) in [7, 11) is 0. The molecule has 0 saturated heterocycles. The molecular formula is C12H11F4NO3. The Bertz CT molecular complexity index is 504. The zero-order valence-electron chi connectivity index (χ0n) is 10.2. The van der Waals surface area contributed by atoms with Crippen molar-refractivity contribution in [3.8, 4) is 5.75 Å². The summed E-state index contributed by atoms with van der Waals surface area (Å²) in [5, 5.41) is 0. The van der Waals surface area contributed by atoms with Crippen molar-refractivity contribution in [3.05, 3.63) is 23.8 Å². The van der Waals surface area contributed by atoms with E-state index in [4.69, 9.17) is 4.74 Å². The Hall–Kier alpha value is -1.99. The second kappa shape index (κ2) is 5.56. The summed E-state index contributed by atoms with van der Waals surface area (Å²) < 4.78 is 60.1. The van der Waals surface area contributed by atoms with Gasteiger partial charge in [0.05, 0.1) is 17.8 Å². The molecule has 1 aromatic carbocycles. The Kier molecular flexibility index (Phi) is 4.01. The highest BCUT2D eigenvalue weighted by atomic mass is 19.4. The maximum absolute atomic E-state index is 12.8. The first kappa shape index (κ1) is 14.4. The zero-order chi connectivity index (χ0) is 14.8. The van der Waals surface area contributed by atoms with E-state index in [0.29, 0.717) is 0 Å². The highest BCUT2D eigenvalue weighted by molar-refractivity contribution is 5.90. The number of rotatable bonds is 2. The fraction of sp³-hybridized carbons (Fsp3) is 0.417. The van der Waals surface area contributed by atoms with E-state index in [1.165, 1.54) is 12.1 Å². The van der Waals surface area contributed by atoms with Crippen molar-refractivity contribution < 1.29 is 31.8 Å². The van der Waals surface area contributed by atoms with Gasteiger partial charge in [0.2, 0.25) is 0 Å². The summed E-state index contributed by atoms with van der Waals surface area (Å²) >= 11 is 0. The third kappa shape index (κ3) is 2.78. The van der Waals surface area contributed by atoms with E-state index in [1.54, 1.807) is 0 Å². The molecule has 2 rings (SSSR count). The molecule has 0 N–H and O–H groups in total. The van der Waals surface area contributed by atoms with Crippen LogP contribution in [0.25, 0.3) is 0 Å². The minimum atomic E-state index is -4.59. The van der Waals surface area contributed by atoms with Crippen molar-refractivity contribution in [2.24, 2.45) is 0 Å². The van der Waals surface area contributed by atoms with E-state index in [2.05, 4.69) is 4.74 Å². The first-order valence-corrected chi connectivity index (χ1v) is 5.78. The number of para-hydroxylation sites is 1. The van der Waals surface area contributed by atoms with E-state index in [1.807, 2.05) is 0 Å². The van der Waals surface area contributed by atoms with Gasteiger partial charge in [-0.15, -0.1) is 0 Å². The fourth-order valence-corrected chi connectivity index (χ4v) is 1.87. The molecule has 0 aliphatic carbocycles. The van der Waals surface area contributed by atoms with Crippen LogP contribution in [0.4, 0.5) is 28.0 Å². The van der Waals surface area contributed by atoms with E-state index >= 15 is 0 Å². The number of hydrogen-bond acceptors (Lipinski definition) is 3. The van der Waals surface area contributed by atoms with Gasteiger partial charge in [0.1, 0.15) is 19.9 Å². The SMILES string of the molecule is O=C(OCCF)N1CCOc2c1cccc2C(F)(F)F. The average Bonchev–Trinajstić information content (AvgIpc) is 2.42. The Balaban J connectivity index is 2.35. The number of anilines is 1. The number of benzene rings is 1. The molecule has 0 atom stereocenters. The van der Waals surface area contributed by atoms with Gasteiger partial charge in [0, 0.05) is 0 Å². The van der Waals surface area contributed by atoms with Crippen molar-refractivity contribution in [1.82, 2.24) is 0 Å². The number of alkyl halides is 4. The summed E-state index contributed by atoms with van der Waals surface area (Å²) in [6.45, 7) is -1.35. The van der Waals surface area contributed by atoms with Crippen LogP contribution < -0.4 is 9.64 Å². The number of nitrogens with zero attached hydrogens (tertiary/aromatic N) is 1. The zero-order valence-corrected chi connectivity index (χ0v) is 10.2. The normalized spacial score (nSPS) is 14.5. The molecule has 1 heterocycles. The number of fused-ring (bicyclic) bond motifs is 1. The lowest BCUT2D eigenvalue weighted by Gasteiger charge is -2.30. The van der Waals surface area contributed by atoms with Gasteiger partial charge in [0.15, 0.2) is 5.75 Å². The largest absolute Gasteiger partial charge is 0.489 e. The molecule has 1 aliphatic rings. The monoisotopic (exact) mass is 293 g/mol. The molecule has 0 fully saturated rings. The van der Waals surface area contributed by atoms with Gasteiger partial charge in [-0.25, -0.2) is 9.18 Å². The van der Waals surface area contributed by atoms with Crippen LogP contribution in [0.15, 0.2) is 18.2 Å². The Morgan fingerprint density at radius 3 is 2.80 bits per heavy atom. The van der Waals surface area contributed by atoms with Crippen LogP contribution in [0, 0.1) is 0 Å². The summed E-state index contributed by atoms with van der Waals surface area (Å²) in [5.74, 6) is -0.413. The van der Waals surface area contributed by atoms with Gasteiger partial charge >= 0.3 is 12.3 Å². The summed E-state index contributed by atoms with van der Waals surface area (Å²) in [6.07, 6.45) is -5.48. The topological polar surface area (TPSA) is 38.8 Å². The number of amides is 1. The lowest BCUT2D eigenvalue weighted by atomic mass is 10.1. The maximum Gasteiger partial charge on any atom is 0.420 e. The maximum atomic E-state index is 12.8. The number of carbonyl (C=O) groups is 1. The van der Waals surface area contributed by atoms with Crippen LogP contribution >= 0.6 is 0 Å². The van der Waals surface area contributed by atoms with E-state index in [9.17, 15) is 22.4 Å². The van der Waals surface area contributed by atoms with Crippen molar-refractivity contribution in [2.75, 3.05) is 31.3 Å². The smallest absolute Gasteiger partial charge is 0.420 e. The lowest BCUT2D eigenvalue weighted by Crippen LogP contribution is -2.39. The first-order chi connectivity index (χ1) is 9.45. The Morgan fingerprint density at radius 2 is 2.15 bits per heavy atom. The molecule has 4 nitrogen and oxygen atoms in total.